The van der Waals surface area contributed by atoms with E-state index in [-0.39, 0.29) is 17.3 Å². The summed E-state index contributed by atoms with van der Waals surface area (Å²) in [5, 5.41) is -0.221. The maximum Gasteiger partial charge on any atom is 0.451 e. The van der Waals surface area contributed by atoms with E-state index in [1.165, 1.54) is 6.07 Å². The molecule has 2 aromatic heterocycles. The summed E-state index contributed by atoms with van der Waals surface area (Å²) >= 11 is 5.56. The summed E-state index contributed by atoms with van der Waals surface area (Å²) in [5.41, 5.74) is 1.02. The minimum Gasteiger partial charge on any atom is -0.265 e. The van der Waals surface area contributed by atoms with Crippen molar-refractivity contribution in [1.29, 1.82) is 0 Å². The van der Waals surface area contributed by atoms with Gasteiger partial charge in [-0.15, -0.1) is 0 Å². The van der Waals surface area contributed by atoms with E-state index in [9.17, 15) is 13.2 Å². The summed E-state index contributed by atoms with van der Waals surface area (Å²) in [7, 11) is 0. The van der Waals surface area contributed by atoms with E-state index in [0.717, 1.165) is 5.56 Å². The quantitative estimate of drug-likeness (QED) is 0.789. The van der Waals surface area contributed by atoms with Crippen molar-refractivity contribution in [2.24, 2.45) is 0 Å². The van der Waals surface area contributed by atoms with Crippen molar-refractivity contribution in [3.05, 3.63) is 52.8 Å². The number of alkyl halides is 3. The van der Waals surface area contributed by atoms with E-state index in [1.54, 1.807) is 24.5 Å². The SMILES string of the molecule is FC(F)(F)c1nc(Cl)cc(Cc2ccncc2)n1. The molecule has 3 nitrogen and oxygen atoms in total. The third kappa shape index (κ3) is 3.16. The van der Waals surface area contributed by atoms with Gasteiger partial charge < -0.3 is 0 Å². The van der Waals surface area contributed by atoms with Gasteiger partial charge in [0.05, 0.1) is 5.69 Å². The van der Waals surface area contributed by atoms with Crippen molar-refractivity contribution in [3.8, 4) is 0 Å². The molecule has 0 amide bonds. The second-order valence-corrected chi connectivity index (χ2v) is 3.92. The average Bonchev–Trinajstić information content (AvgIpc) is 2.28. The Morgan fingerprint density at radius 2 is 1.78 bits per heavy atom. The largest absolute Gasteiger partial charge is 0.451 e. The summed E-state index contributed by atoms with van der Waals surface area (Å²) in [5.74, 6) is -1.22. The lowest BCUT2D eigenvalue weighted by Gasteiger charge is -2.07. The highest BCUT2D eigenvalue weighted by Gasteiger charge is 2.35. The first-order valence-electron chi connectivity index (χ1n) is 4.95. The minimum atomic E-state index is -4.60. The molecule has 0 bridgehead atoms. The molecule has 94 valence electrons. The molecule has 0 saturated carbocycles. The monoisotopic (exact) mass is 273 g/mol. The fraction of sp³-hybridized carbons (Fsp3) is 0.182. The molecule has 0 N–H and O–H groups in total. The lowest BCUT2D eigenvalue weighted by atomic mass is 10.1. The molecule has 0 radical (unpaired) electrons. The van der Waals surface area contributed by atoms with E-state index in [1.807, 2.05) is 0 Å². The summed E-state index contributed by atoms with van der Waals surface area (Å²) in [6.45, 7) is 0. The van der Waals surface area contributed by atoms with Crippen LogP contribution < -0.4 is 0 Å². The number of hydrogen-bond acceptors (Lipinski definition) is 3. The Bertz CT molecular complexity index is 543. The van der Waals surface area contributed by atoms with Crippen LogP contribution in [0.1, 0.15) is 17.1 Å². The molecule has 0 unspecified atom stereocenters. The van der Waals surface area contributed by atoms with E-state index < -0.39 is 12.0 Å². The van der Waals surface area contributed by atoms with Crippen molar-refractivity contribution < 1.29 is 13.2 Å². The average molecular weight is 274 g/mol. The Labute approximate surface area is 106 Å². The molecule has 0 spiro atoms. The van der Waals surface area contributed by atoms with E-state index in [0.29, 0.717) is 0 Å². The van der Waals surface area contributed by atoms with Crippen molar-refractivity contribution >= 4 is 11.6 Å². The van der Waals surface area contributed by atoms with Gasteiger partial charge in [-0.1, -0.05) is 11.6 Å². The molecule has 0 aliphatic carbocycles. The summed E-state index contributed by atoms with van der Waals surface area (Å²) in [6.07, 6.45) is -1.24. The van der Waals surface area contributed by atoms with Gasteiger partial charge in [0.25, 0.3) is 0 Å². The van der Waals surface area contributed by atoms with E-state index in [2.05, 4.69) is 15.0 Å². The van der Waals surface area contributed by atoms with E-state index in [4.69, 9.17) is 11.6 Å². The number of halogens is 4. The topological polar surface area (TPSA) is 38.7 Å². The second-order valence-electron chi connectivity index (χ2n) is 3.54. The van der Waals surface area contributed by atoms with Crippen molar-refractivity contribution in [2.75, 3.05) is 0 Å². The Balaban J connectivity index is 2.32. The molecule has 0 fully saturated rings. The zero-order valence-corrected chi connectivity index (χ0v) is 9.70. The molecule has 0 aliphatic heterocycles. The van der Waals surface area contributed by atoms with Crippen LogP contribution in [0.15, 0.2) is 30.6 Å². The predicted octanol–water partition coefficient (Wildman–Crippen LogP) is 3.13. The van der Waals surface area contributed by atoms with Gasteiger partial charge in [-0.3, -0.25) is 4.98 Å². The fourth-order valence-corrected chi connectivity index (χ4v) is 1.60. The number of nitrogens with zero attached hydrogens (tertiary/aromatic N) is 3. The summed E-state index contributed by atoms with van der Waals surface area (Å²) in [4.78, 5) is 10.4. The third-order valence-electron chi connectivity index (χ3n) is 2.14. The summed E-state index contributed by atoms with van der Waals surface area (Å²) in [6, 6.07) is 4.71. The van der Waals surface area contributed by atoms with Crippen LogP contribution in [0.2, 0.25) is 5.15 Å². The highest BCUT2D eigenvalue weighted by Crippen LogP contribution is 2.27. The number of pyridine rings is 1. The summed E-state index contributed by atoms with van der Waals surface area (Å²) < 4.78 is 37.5. The first-order chi connectivity index (χ1) is 8.45. The Hall–Kier alpha value is -1.69. The predicted molar refractivity (Wildman–Crippen MR) is 59.1 cm³/mol. The molecule has 18 heavy (non-hydrogen) atoms. The lowest BCUT2D eigenvalue weighted by Crippen LogP contribution is -2.12. The van der Waals surface area contributed by atoms with Gasteiger partial charge in [0.1, 0.15) is 5.15 Å². The molecule has 0 aromatic carbocycles. The number of aromatic nitrogens is 3. The first-order valence-corrected chi connectivity index (χ1v) is 5.32. The molecule has 7 heteroatoms. The van der Waals surface area contributed by atoms with Crippen LogP contribution in [0, 0.1) is 0 Å². The Morgan fingerprint density at radius 1 is 1.11 bits per heavy atom. The van der Waals surface area contributed by atoms with Gasteiger partial charge >= 0.3 is 6.18 Å². The van der Waals surface area contributed by atoms with Crippen LogP contribution in [0.4, 0.5) is 13.2 Å². The standard InChI is InChI=1S/C11H7ClF3N3/c12-9-6-8(5-7-1-3-16-4-2-7)17-10(18-9)11(13,14)15/h1-4,6H,5H2. The van der Waals surface area contributed by atoms with Crippen LogP contribution >= 0.6 is 11.6 Å². The normalized spacial score (nSPS) is 11.6. The van der Waals surface area contributed by atoms with Gasteiger partial charge in [0, 0.05) is 18.8 Å². The molecular formula is C11H7ClF3N3. The van der Waals surface area contributed by atoms with Crippen molar-refractivity contribution in [2.45, 2.75) is 12.6 Å². The molecule has 0 atom stereocenters. The highest BCUT2D eigenvalue weighted by atomic mass is 35.5. The zero-order chi connectivity index (χ0) is 13.2. The zero-order valence-electron chi connectivity index (χ0n) is 8.95. The smallest absolute Gasteiger partial charge is 0.265 e. The Kier molecular flexibility index (Phi) is 3.47. The van der Waals surface area contributed by atoms with Gasteiger partial charge in [0.15, 0.2) is 0 Å². The van der Waals surface area contributed by atoms with Gasteiger partial charge in [-0.25, -0.2) is 9.97 Å². The van der Waals surface area contributed by atoms with Crippen molar-refractivity contribution in [3.63, 3.8) is 0 Å². The van der Waals surface area contributed by atoms with Crippen LogP contribution in [0.3, 0.4) is 0 Å². The lowest BCUT2D eigenvalue weighted by molar-refractivity contribution is -0.145. The maximum absolute atomic E-state index is 12.5. The van der Waals surface area contributed by atoms with Crippen LogP contribution in [0.5, 0.6) is 0 Å². The molecule has 2 rings (SSSR count). The molecule has 0 aliphatic rings. The Morgan fingerprint density at radius 3 is 2.39 bits per heavy atom. The molecule has 0 saturated heterocycles. The van der Waals surface area contributed by atoms with Gasteiger partial charge in [-0.2, -0.15) is 13.2 Å². The first kappa shape index (κ1) is 12.8. The second kappa shape index (κ2) is 4.89. The fourth-order valence-electron chi connectivity index (χ4n) is 1.39. The van der Waals surface area contributed by atoms with Gasteiger partial charge in [-0.05, 0) is 23.8 Å². The highest BCUT2D eigenvalue weighted by molar-refractivity contribution is 6.29. The van der Waals surface area contributed by atoms with Crippen LogP contribution in [-0.4, -0.2) is 15.0 Å². The minimum absolute atomic E-state index is 0.216. The van der Waals surface area contributed by atoms with Crippen molar-refractivity contribution in [1.82, 2.24) is 15.0 Å². The maximum atomic E-state index is 12.5. The van der Waals surface area contributed by atoms with Crippen LogP contribution in [-0.2, 0) is 12.6 Å². The third-order valence-corrected chi connectivity index (χ3v) is 2.33. The number of hydrogen-bond donors (Lipinski definition) is 0. The number of rotatable bonds is 2. The van der Waals surface area contributed by atoms with Crippen LogP contribution in [0.25, 0.3) is 0 Å². The van der Waals surface area contributed by atoms with E-state index >= 15 is 0 Å². The molecule has 2 heterocycles. The van der Waals surface area contributed by atoms with Gasteiger partial charge in [0.2, 0.25) is 5.82 Å². The molecular weight excluding hydrogens is 267 g/mol. The molecule has 2 aromatic rings.